The van der Waals surface area contributed by atoms with Crippen molar-refractivity contribution in [3.05, 3.63) is 95.3 Å². The van der Waals surface area contributed by atoms with Crippen molar-refractivity contribution in [2.24, 2.45) is 14.1 Å². The Balaban J connectivity index is 1.12. The molecular formula is C33H39N7O4. The first-order chi connectivity index (χ1) is 21.4. The number of hydrogen-bond donors (Lipinski definition) is 3. The van der Waals surface area contributed by atoms with Crippen LogP contribution in [0.25, 0.3) is 12.2 Å². The van der Waals surface area contributed by atoms with Gasteiger partial charge in [-0.05, 0) is 48.0 Å². The highest BCUT2D eigenvalue weighted by molar-refractivity contribution is 6.07. The molecule has 0 bridgehead atoms. The van der Waals surface area contributed by atoms with Crippen LogP contribution in [-0.2, 0) is 25.4 Å². The highest BCUT2D eigenvalue weighted by atomic mass is 16.5. The smallest absolute Gasteiger partial charge is 0.272 e. The summed E-state index contributed by atoms with van der Waals surface area (Å²) >= 11 is 0. The average molecular weight is 598 g/mol. The van der Waals surface area contributed by atoms with Gasteiger partial charge in [0.1, 0.15) is 11.4 Å². The number of hydrogen-bond acceptors (Lipinski definition) is 7. The van der Waals surface area contributed by atoms with E-state index in [1.807, 2.05) is 60.3 Å². The Morgan fingerprint density at radius 3 is 2.39 bits per heavy atom. The molecule has 11 nitrogen and oxygen atoms in total. The number of amides is 2. The Morgan fingerprint density at radius 1 is 0.932 bits per heavy atom. The minimum absolute atomic E-state index is 0.264. The third-order valence-electron chi connectivity index (χ3n) is 7.49. The van der Waals surface area contributed by atoms with Crippen LogP contribution in [0, 0.1) is 0 Å². The molecule has 1 aliphatic heterocycles. The van der Waals surface area contributed by atoms with Crippen molar-refractivity contribution in [1.82, 2.24) is 24.3 Å². The van der Waals surface area contributed by atoms with Gasteiger partial charge < -0.3 is 34.6 Å². The van der Waals surface area contributed by atoms with Crippen molar-refractivity contribution in [2.45, 2.75) is 6.54 Å². The number of nitrogens with one attached hydrogen (secondary N) is 3. The van der Waals surface area contributed by atoms with Crippen LogP contribution in [0.15, 0.2) is 67.1 Å². The first-order valence-corrected chi connectivity index (χ1v) is 14.6. The summed E-state index contributed by atoms with van der Waals surface area (Å²) in [4.78, 5) is 32.7. The number of morpholine rings is 1. The molecule has 5 rings (SSSR count). The van der Waals surface area contributed by atoms with Gasteiger partial charge in [-0.2, -0.15) is 0 Å². The van der Waals surface area contributed by atoms with E-state index >= 15 is 0 Å². The van der Waals surface area contributed by atoms with Gasteiger partial charge in [0.25, 0.3) is 11.8 Å². The largest absolute Gasteiger partial charge is 0.497 e. The maximum absolute atomic E-state index is 13.1. The van der Waals surface area contributed by atoms with Crippen molar-refractivity contribution in [3.8, 4) is 5.75 Å². The Kier molecular flexibility index (Phi) is 10.2. The molecule has 1 aromatic carbocycles. The number of aryl methyl sites for hydroxylation is 2. The van der Waals surface area contributed by atoms with Crippen LogP contribution in [-0.4, -0.2) is 77.3 Å². The van der Waals surface area contributed by atoms with E-state index in [9.17, 15) is 9.59 Å². The zero-order chi connectivity index (χ0) is 30.9. The first-order valence-electron chi connectivity index (χ1n) is 14.6. The number of methoxy groups -OCH3 is 1. The number of ether oxygens (including phenoxy) is 2. The summed E-state index contributed by atoms with van der Waals surface area (Å²) in [5, 5.41) is 9.31. The summed E-state index contributed by atoms with van der Waals surface area (Å²) in [5.74, 6) is 0.223. The predicted molar refractivity (Wildman–Crippen MR) is 172 cm³/mol. The molecule has 1 aliphatic rings. The van der Waals surface area contributed by atoms with Crippen molar-refractivity contribution < 1.29 is 19.1 Å². The molecular weight excluding hydrogens is 558 g/mol. The molecule has 0 unspecified atom stereocenters. The molecule has 0 radical (unpaired) electrons. The molecule has 230 valence electrons. The van der Waals surface area contributed by atoms with E-state index < -0.39 is 0 Å². The van der Waals surface area contributed by atoms with Gasteiger partial charge >= 0.3 is 0 Å². The second-order valence-electron chi connectivity index (χ2n) is 10.7. The van der Waals surface area contributed by atoms with E-state index in [1.54, 1.807) is 43.1 Å². The van der Waals surface area contributed by atoms with E-state index in [2.05, 4.69) is 25.8 Å². The number of nitrogens with zero attached hydrogens (tertiary/aromatic N) is 4. The van der Waals surface area contributed by atoms with Gasteiger partial charge in [-0.15, -0.1) is 0 Å². The van der Waals surface area contributed by atoms with Crippen LogP contribution < -0.4 is 20.7 Å². The topological polar surface area (TPSA) is 115 Å². The second kappa shape index (κ2) is 14.6. The van der Waals surface area contributed by atoms with Gasteiger partial charge in [-0.25, -0.2) is 0 Å². The van der Waals surface area contributed by atoms with E-state index in [0.29, 0.717) is 29.2 Å². The average Bonchev–Trinajstić information content (AvgIpc) is 3.59. The van der Waals surface area contributed by atoms with Crippen molar-refractivity contribution in [3.63, 3.8) is 0 Å². The third kappa shape index (κ3) is 8.22. The van der Waals surface area contributed by atoms with E-state index in [4.69, 9.17) is 9.47 Å². The Labute approximate surface area is 257 Å². The van der Waals surface area contributed by atoms with E-state index in [0.717, 1.165) is 62.1 Å². The highest BCUT2D eigenvalue weighted by Gasteiger charge is 2.16. The van der Waals surface area contributed by atoms with Crippen molar-refractivity contribution >= 4 is 35.3 Å². The SMILES string of the molecule is COc1ccc(/C=C/c2ccc(C(=O)Nc3cc(C(=O)Nc4cc(CNCCN5CCOCC5)n(C)c4)n(C)c3)cn2)cc1. The maximum atomic E-state index is 13.1. The fourth-order valence-electron chi connectivity index (χ4n) is 4.92. The lowest BCUT2D eigenvalue weighted by Crippen LogP contribution is -2.40. The molecule has 1 fully saturated rings. The van der Waals surface area contributed by atoms with Gasteiger partial charge in [0.05, 0.1) is 43.0 Å². The fourth-order valence-corrected chi connectivity index (χ4v) is 4.92. The fraction of sp³-hybridized carbons (Fsp3) is 0.303. The molecule has 3 aromatic heterocycles. The zero-order valence-electron chi connectivity index (χ0n) is 25.4. The standard InChI is InChI=1S/C33H39N7O4/c1-38-22-27(18-29(38)21-34-12-13-40-14-16-44-17-15-40)37-33(42)31-19-28(23-39(31)2)36-32(41)25-7-9-26(35-20-25)8-4-24-5-10-30(43-3)11-6-24/h4-11,18-20,22-23,34H,12-17,21H2,1-3H3,(H,36,41)(H,37,42)/b8-4+. The molecule has 2 amide bonds. The Bertz CT molecular complexity index is 1580. The number of carbonyl (C=O) groups excluding carboxylic acids is 2. The summed E-state index contributed by atoms with van der Waals surface area (Å²) in [6.45, 7) is 6.11. The summed E-state index contributed by atoms with van der Waals surface area (Å²) < 4.78 is 14.3. The second-order valence-corrected chi connectivity index (χ2v) is 10.7. The Hall–Kier alpha value is -4.71. The molecule has 11 heteroatoms. The predicted octanol–water partition coefficient (Wildman–Crippen LogP) is 3.86. The van der Waals surface area contributed by atoms with E-state index in [-0.39, 0.29) is 11.8 Å². The third-order valence-corrected chi connectivity index (χ3v) is 7.49. The van der Waals surface area contributed by atoms with Crippen LogP contribution in [0.3, 0.4) is 0 Å². The lowest BCUT2D eigenvalue weighted by atomic mass is 10.1. The lowest BCUT2D eigenvalue weighted by molar-refractivity contribution is 0.0384. The van der Waals surface area contributed by atoms with Crippen LogP contribution in [0.4, 0.5) is 11.4 Å². The summed E-state index contributed by atoms with van der Waals surface area (Å²) in [6, 6.07) is 14.8. The van der Waals surface area contributed by atoms with Crippen LogP contribution in [0.5, 0.6) is 5.75 Å². The lowest BCUT2D eigenvalue weighted by Gasteiger charge is -2.26. The first kappa shape index (κ1) is 30.7. The molecule has 44 heavy (non-hydrogen) atoms. The van der Waals surface area contributed by atoms with Gasteiger partial charge in [0.15, 0.2) is 0 Å². The van der Waals surface area contributed by atoms with Crippen LogP contribution >= 0.6 is 0 Å². The maximum Gasteiger partial charge on any atom is 0.272 e. The number of benzene rings is 1. The molecule has 1 saturated heterocycles. The summed E-state index contributed by atoms with van der Waals surface area (Å²) in [6.07, 6.45) is 8.96. The summed E-state index contributed by atoms with van der Waals surface area (Å²) in [5.41, 5.74) is 4.87. The molecule has 3 N–H and O–H groups in total. The number of carbonyl (C=O) groups is 2. The normalized spacial score (nSPS) is 13.7. The van der Waals surface area contributed by atoms with Gasteiger partial charge in [-0.1, -0.05) is 18.2 Å². The molecule has 0 atom stereocenters. The van der Waals surface area contributed by atoms with E-state index in [1.165, 1.54) is 6.20 Å². The highest BCUT2D eigenvalue weighted by Crippen LogP contribution is 2.19. The van der Waals surface area contributed by atoms with Gasteiger partial charge in [0.2, 0.25) is 0 Å². The van der Waals surface area contributed by atoms with Crippen molar-refractivity contribution in [1.29, 1.82) is 0 Å². The summed E-state index contributed by atoms with van der Waals surface area (Å²) in [7, 11) is 5.36. The minimum Gasteiger partial charge on any atom is -0.497 e. The molecule has 4 aromatic rings. The molecule has 0 spiro atoms. The van der Waals surface area contributed by atoms with Crippen molar-refractivity contribution in [2.75, 3.05) is 57.1 Å². The Morgan fingerprint density at radius 2 is 1.66 bits per heavy atom. The number of rotatable bonds is 12. The number of aromatic nitrogens is 3. The van der Waals surface area contributed by atoms with Gasteiger partial charge in [-0.3, -0.25) is 19.5 Å². The quantitative estimate of drug-likeness (QED) is 0.213. The monoisotopic (exact) mass is 597 g/mol. The molecule has 0 saturated carbocycles. The van der Waals surface area contributed by atoms with Crippen LogP contribution in [0.2, 0.25) is 0 Å². The molecule has 4 heterocycles. The zero-order valence-corrected chi connectivity index (χ0v) is 25.4. The number of pyridine rings is 1. The molecule has 0 aliphatic carbocycles. The van der Waals surface area contributed by atoms with Crippen LogP contribution in [0.1, 0.15) is 37.8 Å². The minimum atomic E-state index is -0.311. The number of anilines is 2. The van der Waals surface area contributed by atoms with Gasteiger partial charge in [0, 0.05) is 71.1 Å².